The van der Waals surface area contributed by atoms with Crippen LogP contribution in [-0.4, -0.2) is 18.4 Å². The standard InChI is InChI=1S/C11H10BrN3O4S/c1-6-4-7(12)2-3-8(6)15-20(18,19)9-5-13-11(17)14-10(9)16/h2-5,15H,1H3,(H2,13,14,16,17). The Bertz CT molecular complexity index is 870. The van der Waals surface area contributed by atoms with Gasteiger partial charge in [0.15, 0.2) is 4.90 Å². The second-order valence-corrected chi connectivity index (χ2v) is 6.57. The van der Waals surface area contributed by atoms with Crippen LogP contribution >= 0.6 is 15.9 Å². The van der Waals surface area contributed by atoms with Gasteiger partial charge in [-0.25, -0.2) is 13.2 Å². The van der Waals surface area contributed by atoms with Crippen LogP contribution in [0.25, 0.3) is 0 Å². The molecule has 0 atom stereocenters. The van der Waals surface area contributed by atoms with Gasteiger partial charge in [0, 0.05) is 10.7 Å². The lowest BCUT2D eigenvalue weighted by Crippen LogP contribution is -2.29. The van der Waals surface area contributed by atoms with E-state index >= 15 is 0 Å². The number of rotatable bonds is 3. The molecule has 0 bridgehead atoms. The summed E-state index contributed by atoms with van der Waals surface area (Å²) in [5.74, 6) is 0. The van der Waals surface area contributed by atoms with Gasteiger partial charge in [0.05, 0.1) is 5.69 Å². The third kappa shape index (κ3) is 2.99. The maximum absolute atomic E-state index is 12.1. The first-order chi connectivity index (χ1) is 9.29. The summed E-state index contributed by atoms with van der Waals surface area (Å²) < 4.78 is 27.3. The number of H-pyrrole nitrogens is 2. The van der Waals surface area contributed by atoms with Crippen molar-refractivity contribution in [3.05, 3.63) is 55.3 Å². The van der Waals surface area contributed by atoms with E-state index < -0.39 is 26.2 Å². The van der Waals surface area contributed by atoms with Crippen LogP contribution in [0.3, 0.4) is 0 Å². The maximum Gasteiger partial charge on any atom is 0.325 e. The van der Waals surface area contributed by atoms with Crippen LogP contribution in [-0.2, 0) is 10.0 Å². The molecule has 2 rings (SSSR count). The Hall–Kier alpha value is -1.87. The lowest BCUT2D eigenvalue weighted by Gasteiger charge is -2.10. The number of sulfonamides is 1. The van der Waals surface area contributed by atoms with E-state index in [1.54, 1.807) is 25.1 Å². The summed E-state index contributed by atoms with van der Waals surface area (Å²) in [6.45, 7) is 1.72. The summed E-state index contributed by atoms with van der Waals surface area (Å²) in [5.41, 5.74) is -0.715. The normalized spacial score (nSPS) is 11.3. The first kappa shape index (κ1) is 14.5. The number of anilines is 1. The predicted octanol–water partition coefficient (Wildman–Crippen LogP) is 0.935. The largest absolute Gasteiger partial charge is 0.325 e. The predicted molar refractivity (Wildman–Crippen MR) is 77.4 cm³/mol. The molecule has 0 unspecified atom stereocenters. The van der Waals surface area contributed by atoms with Gasteiger partial charge in [0.1, 0.15) is 0 Å². The number of hydrogen-bond acceptors (Lipinski definition) is 4. The van der Waals surface area contributed by atoms with Crippen molar-refractivity contribution in [3.8, 4) is 0 Å². The van der Waals surface area contributed by atoms with E-state index in [4.69, 9.17) is 0 Å². The fourth-order valence-corrected chi connectivity index (χ4v) is 3.15. The topological polar surface area (TPSA) is 112 Å². The van der Waals surface area contributed by atoms with Crippen LogP contribution in [0.15, 0.2) is 43.4 Å². The first-order valence-electron chi connectivity index (χ1n) is 5.40. The molecule has 0 saturated carbocycles. The molecule has 0 fully saturated rings. The third-order valence-corrected chi connectivity index (χ3v) is 4.37. The van der Waals surface area contributed by atoms with Gasteiger partial charge in [0.25, 0.3) is 15.6 Å². The molecule has 2 aromatic rings. The maximum atomic E-state index is 12.1. The molecule has 3 N–H and O–H groups in total. The number of aryl methyl sites for hydroxylation is 1. The highest BCUT2D eigenvalue weighted by Gasteiger charge is 2.19. The SMILES string of the molecule is Cc1cc(Br)ccc1NS(=O)(=O)c1c[nH]c(=O)[nH]c1=O. The molecular formula is C11H10BrN3O4S. The second-order valence-electron chi connectivity index (χ2n) is 4.00. The quantitative estimate of drug-likeness (QED) is 0.756. The second kappa shape index (κ2) is 5.25. The van der Waals surface area contributed by atoms with Crippen molar-refractivity contribution in [3.63, 3.8) is 0 Å². The Labute approximate surface area is 122 Å². The zero-order valence-electron chi connectivity index (χ0n) is 10.2. The molecule has 1 aromatic heterocycles. The molecule has 0 saturated heterocycles. The zero-order chi connectivity index (χ0) is 14.9. The van der Waals surface area contributed by atoms with Gasteiger partial charge in [-0.05, 0) is 30.7 Å². The number of aromatic amines is 2. The highest BCUT2D eigenvalue weighted by molar-refractivity contribution is 9.10. The highest BCUT2D eigenvalue weighted by Crippen LogP contribution is 2.22. The van der Waals surface area contributed by atoms with Gasteiger partial charge in [0.2, 0.25) is 0 Å². The van der Waals surface area contributed by atoms with Crippen LogP contribution in [0, 0.1) is 6.92 Å². The highest BCUT2D eigenvalue weighted by atomic mass is 79.9. The molecule has 0 spiro atoms. The number of nitrogens with one attached hydrogen (secondary N) is 3. The number of aromatic nitrogens is 2. The Morgan fingerprint density at radius 2 is 1.95 bits per heavy atom. The summed E-state index contributed by atoms with van der Waals surface area (Å²) in [5, 5.41) is 0. The van der Waals surface area contributed by atoms with Gasteiger partial charge in [-0.1, -0.05) is 15.9 Å². The molecule has 9 heteroatoms. The summed E-state index contributed by atoms with van der Waals surface area (Å²) in [6.07, 6.45) is 0.859. The van der Waals surface area contributed by atoms with E-state index in [1.165, 1.54) is 0 Å². The molecule has 0 radical (unpaired) electrons. The van der Waals surface area contributed by atoms with E-state index in [0.29, 0.717) is 11.3 Å². The van der Waals surface area contributed by atoms with Crippen LogP contribution in [0.5, 0.6) is 0 Å². The van der Waals surface area contributed by atoms with Gasteiger partial charge < -0.3 is 4.98 Å². The third-order valence-electron chi connectivity index (χ3n) is 2.51. The van der Waals surface area contributed by atoms with E-state index in [0.717, 1.165) is 10.7 Å². The monoisotopic (exact) mass is 359 g/mol. The number of halogens is 1. The van der Waals surface area contributed by atoms with E-state index in [1.807, 2.05) is 4.98 Å². The minimum Gasteiger partial charge on any atom is -0.313 e. The minimum absolute atomic E-state index is 0.346. The van der Waals surface area contributed by atoms with Crippen LogP contribution in [0.2, 0.25) is 0 Å². The van der Waals surface area contributed by atoms with Gasteiger partial charge >= 0.3 is 5.69 Å². The molecule has 0 aliphatic rings. The van der Waals surface area contributed by atoms with Crippen molar-refractivity contribution in [2.75, 3.05) is 4.72 Å². The van der Waals surface area contributed by atoms with E-state index in [2.05, 4.69) is 25.6 Å². The van der Waals surface area contributed by atoms with Gasteiger partial charge in [-0.2, -0.15) is 0 Å². The molecule has 20 heavy (non-hydrogen) atoms. The van der Waals surface area contributed by atoms with E-state index in [9.17, 15) is 18.0 Å². The van der Waals surface area contributed by atoms with E-state index in [-0.39, 0.29) is 0 Å². The van der Waals surface area contributed by atoms with Crippen molar-refractivity contribution >= 4 is 31.6 Å². The molecule has 1 heterocycles. The molecule has 0 amide bonds. The zero-order valence-corrected chi connectivity index (χ0v) is 12.6. The number of benzene rings is 1. The van der Waals surface area contributed by atoms with Crippen LogP contribution < -0.4 is 16.0 Å². The van der Waals surface area contributed by atoms with Crippen LogP contribution in [0.1, 0.15) is 5.56 Å². The molecule has 106 valence electrons. The Kier molecular flexibility index (Phi) is 3.82. The van der Waals surface area contributed by atoms with Crippen molar-refractivity contribution in [2.45, 2.75) is 11.8 Å². The van der Waals surface area contributed by atoms with Gasteiger partial charge in [-0.15, -0.1) is 0 Å². The minimum atomic E-state index is -4.08. The summed E-state index contributed by atoms with van der Waals surface area (Å²) in [4.78, 5) is 25.8. The average Bonchev–Trinajstić information content (AvgIpc) is 2.32. The molecule has 0 aliphatic carbocycles. The van der Waals surface area contributed by atoms with Crippen molar-refractivity contribution in [1.82, 2.24) is 9.97 Å². The fourth-order valence-electron chi connectivity index (χ4n) is 1.54. The average molecular weight is 360 g/mol. The molecule has 0 aliphatic heterocycles. The first-order valence-corrected chi connectivity index (χ1v) is 7.68. The van der Waals surface area contributed by atoms with Crippen LogP contribution in [0.4, 0.5) is 5.69 Å². The molecule has 7 nitrogen and oxygen atoms in total. The Balaban J connectivity index is 2.46. The summed E-state index contributed by atoms with van der Waals surface area (Å²) in [6, 6.07) is 4.97. The summed E-state index contributed by atoms with van der Waals surface area (Å²) >= 11 is 3.27. The lowest BCUT2D eigenvalue weighted by molar-refractivity contribution is 0.599. The Morgan fingerprint density at radius 3 is 2.55 bits per heavy atom. The number of hydrogen-bond donors (Lipinski definition) is 3. The fraction of sp³-hybridized carbons (Fsp3) is 0.0909. The van der Waals surface area contributed by atoms with Crippen molar-refractivity contribution in [2.24, 2.45) is 0 Å². The Morgan fingerprint density at radius 1 is 1.25 bits per heavy atom. The smallest absolute Gasteiger partial charge is 0.313 e. The van der Waals surface area contributed by atoms with Crippen molar-refractivity contribution in [1.29, 1.82) is 0 Å². The van der Waals surface area contributed by atoms with Gasteiger partial charge in [-0.3, -0.25) is 14.5 Å². The van der Waals surface area contributed by atoms with Crippen molar-refractivity contribution < 1.29 is 8.42 Å². The lowest BCUT2D eigenvalue weighted by atomic mass is 10.2. The summed E-state index contributed by atoms with van der Waals surface area (Å²) in [7, 11) is -4.08. The molecule has 1 aromatic carbocycles. The molecular weight excluding hydrogens is 350 g/mol.